The van der Waals surface area contributed by atoms with Crippen molar-refractivity contribution in [2.24, 2.45) is 0 Å². The van der Waals surface area contributed by atoms with E-state index in [2.05, 4.69) is 6.58 Å². The van der Waals surface area contributed by atoms with Crippen LogP contribution in [0.3, 0.4) is 0 Å². The summed E-state index contributed by atoms with van der Waals surface area (Å²) in [4.78, 5) is 0. The van der Waals surface area contributed by atoms with Crippen LogP contribution in [0.4, 0.5) is 0 Å². The third-order valence-electron chi connectivity index (χ3n) is 1.10. The zero-order chi connectivity index (χ0) is 7.33. The first-order valence-electron chi connectivity index (χ1n) is 2.53. The summed E-state index contributed by atoms with van der Waals surface area (Å²) in [5.41, 5.74) is 1.58. The van der Waals surface area contributed by atoms with E-state index in [1.807, 2.05) is 0 Å². The van der Waals surface area contributed by atoms with Gasteiger partial charge in [-0.3, -0.25) is 0 Å². The van der Waals surface area contributed by atoms with Crippen LogP contribution >= 0.6 is 0 Å². The zero-order valence-electron chi connectivity index (χ0n) is 6.33. The number of rotatable bonds is 4. The van der Waals surface area contributed by atoms with E-state index in [0.717, 1.165) is 0 Å². The molecule has 0 saturated carbocycles. The van der Waals surface area contributed by atoms with Gasteiger partial charge in [-0.05, 0) is 5.70 Å². The van der Waals surface area contributed by atoms with Crippen molar-refractivity contribution in [1.29, 1.82) is 0 Å². The molecule has 0 bridgehead atoms. The standard InChI is InChI=1S/C5H12O3Si.Pt/c1-5-9(6-2,7-3)8-4;/h5H,1H2,2-4H3;. The van der Waals surface area contributed by atoms with Crippen molar-refractivity contribution in [3.8, 4) is 0 Å². The van der Waals surface area contributed by atoms with Crippen molar-refractivity contribution in [1.82, 2.24) is 0 Å². The molecule has 0 radical (unpaired) electrons. The minimum atomic E-state index is -2.43. The van der Waals surface area contributed by atoms with Crippen LogP contribution in [0.2, 0.25) is 0 Å². The van der Waals surface area contributed by atoms with Crippen molar-refractivity contribution in [2.75, 3.05) is 21.3 Å². The molecule has 0 heterocycles. The van der Waals surface area contributed by atoms with Crippen molar-refractivity contribution in [3.05, 3.63) is 12.3 Å². The third kappa shape index (κ3) is 3.08. The van der Waals surface area contributed by atoms with Gasteiger partial charge in [-0.1, -0.05) is 6.58 Å². The van der Waals surface area contributed by atoms with Crippen molar-refractivity contribution in [2.45, 2.75) is 0 Å². The topological polar surface area (TPSA) is 27.7 Å². The summed E-state index contributed by atoms with van der Waals surface area (Å²) in [5, 5.41) is 0. The monoisotopic (exact) mass is 343 g/mol. The second-order valence-electron chi connectivity index (χ2n) is 1.42. The largest absolute Gasteiger partial charge is 0.528 e. The van der Waals surface area contributed by atoms with Gasteiger partial charge in [0.25, 0.3) is 0 Å². The fraction of sp³-hybridized carbons (Fsp3) is 0.600. The van der Waals surface area contributed by atoms with Gasteiger partial charge in [0.15, 0.2) is 0 Å². The quantitative estimate of drug-likeness (QED) is 0.700. The molecule has 0 N–H and O–H groups in total. The molecule has 0 aromatic rings. The van der Waals surface area contributed by atoms with E-state index in [9.17, 15) is 0 Å². The number of hydrogen-bond donors (Lipinski definition) is 0. The Morgan fingerprint density at radius 3 is 1.40 bits per heavy atom. The molecule has 3 nitrogen and oxygen atoms in total. The van der Waals surface area contributed by atoms with Crippen LogP contribution in [0.15, 0.2) is 12.3 Å². The first-order chi connectivity index (χ1) is 4.24. The molecule has 0 aromatic carbocycles. The second-order valence-corrected chi connectivity index (χ2v) is 4.26. The summed E-state index contributed by atoms with van der Waals surface area (Å²) in [6.45, 7) is 3.53. The van der Waals surface area contributed by atoms with E-state index in [1.165, 1.54) is 0 Å². The van der Waals surface area contributed by atoms with Gasteiger partial charge in [0.2, 0.25) is 0 Å². The van der Waals surface area contributed by atoms with E-state index in [0.29, 0.717) is 0 Å². The minimum Gasteiger partial charge on any atom is -0.374 e. The normalized spacial score (nSPS) is 10.3. The molecule has 10 heavy (non-hydrogen) atoms. The predicted molar refractivity (Wildman–Crippen MR) is 37.0 cm³/mol. The van der Waals surface area contributed by atoms with Gasteiger partial charge in [0, 0.05) is 42.4 Å². The van der Waals surface area contributed by atoms with E-state index in [-0.39, 0.29) is 21.1 Å². The summed E-state index contributed by atoms with van der Waals surface area (Å²) in [5.74, 6) is 0. The van der Waals surface area contributed by atoms with Crippen LogP contribution in [-0.4, -0.2) is 30.1 Å². The molecule has 0 amide bonds. The molecule has 0 aromatic heterocycles. The molecule has 64 valence electrons. The Kier molecular flexibility index (Phi) is 8.21. The van der Waals surface area contributed by atoms with E-state index in [1.54, 1.807) is 27.0 Å². The van der Waals surface area contributed by atoms with Crippen LogP contribution < -0.4 is 0 Å². The molecule has 0 saturated heterocycles. The summed E-state index contributed by atoms with van der Waals surface area (Å²) in [6.07, 6.45) is 0. The van der Waals surface area contributed by atoms with Crippen LogP contribution in [0, 0.1) is 0 Å². The second kappa shape index (κ2) is 6.25. The average Bonchev–Trinajstić information content (AvgIpc) is 1.95. The van der Waals surface area contributed by atoms with Gasteiger partial charge in [0.1, 0.15) is 0 Å². The Balaban J connectivity index is 0. The fourth-order valence-electron chi connectivity index (χ4n) is 0.500. The average molecular weight is 343 g/mol. The van der Waals surface area contributed by atoms with E-state index in [4.69, 9.17) is 13.3 Å². The van der Waals surface area contributed by atoms with Crippen LogP contribution in [-0.2, 0) is 34.3 Å². The van der Waals surface area contributed by atoms with Gasteiger partial charge >= 0.3 is 8.80 Å². The summed E-state index contributed by atoms with van der Waals surface area (Å²) in [6, 6.07) is 0. The van der Waals surface area contributed by atoms with Gasteiger partial charge in [-0.2, -0.15) is 0 Å². The van der Waals surface area contributed by atoms with Crippen molar-refractivity contribution in [3.63, 3.8) is 0 Å². The molecule has 0 unspecified atom stereocenters. The van der Waals surface area contributed by atoms with Crippen molar-refractivity contribution < 1.29 is 34.3 Å². The Bertz CT molecular complexity index is 86.6. The Labute approximate surface area is 77.0 Å². The summed E-state index contributed by atoms with van der Waals surface area (Å²) in [7, 11) is 2.20. The molecular weight excluding hydrogens is 331 g/mol. The predicted octanol–water partition coefficient (Wildman–Crippen LogP) is 0.587. The maximum Gasteiger partial charge on any atom is 0.528 e. The van der Waals surface area contributed by atoms with Crippen molar-refractivity contribution >= 4 is 8.80 Å². The smallest absolute Gasteiger partial charge is 0.374 e. The first kappa shape index (κ1) is 13.1. The van der Waals surface area contributed by atoms with E-state index >= 15 is 0 Å². The third-order valence-corrected chi connectivity index (χ3v) is 3.31. The Hall–Kier alpha value is 0.525. The van der Waals surface area contributed by atoms with Gasteiger partial charge in [-0.25, -0.2) is 0 Å². The van der Waals surface area contributed by atoms with Gasteiger partial charge < -0.3 is 13.3 Å². The molecule has 5 heteroatoms. The summed E-state index contributed by atoms with van der Waals surface area (Å²) >= 11 is 0. The van der Waals surface area contributed by atoms with Crippen LogP contribution in [0.1, 0.15) is 0 Å². The molecule has 0 aliphatic carbocycles. The first-order valence-corrected chi connectivity index (χ1v) is 4.34. The maximum absolute atomic E-state index is 4.96. The van der Waals surface area contributed by atoms with E-state index < -0.39 is 8.80 Å². The zero-order valence-corrected chi connectivity index (χ0v) is 9.60. The molecule has 0 atom stereocenters. The number of hydrogen-bond acceptors (Lipinski definition) is 3. The summed E-state index contributed by atoms with van der Waals surface area (Å²) < 4.78 is 14.9. The molecule has 0 fully saturated rings. The van der Waals surface area contributed by atoms with Crippen LogP contribution in [0.5, 0.6) is 0 Å². The maximum atomic E-state index is 4.96. The molecule has 0 spiro atoms. The van der Waals surface area contributed by atoms with Crippen LogP contribution in [0.25, 0.3) is 0 Å². The van der Waals surface area contributed by atoms with Gasteiger partial charge in [0.05, 0.1) is 0 Å². The Morgan fingerprint density at radius 2 is 1.40 bits per heavy atom. The molecule has 0 rings (SSSR count). The fourth-order valence-corrected chi connectivity index (χ4v) is 1.50. The molecule has 0 aliphatic heterocycles. The Morgan fingerprint density at radius 1 is 1.10 bits per heavy atom. The molecular formula is C5H12O3PtSi. The minimum absolute atomic E-state index is 0. The molecule has 0 aliphatic rings. The van der Waals surface area contributed by atoms with Gasteiger partial charge in [-0.15, -0.1) is 0 Å². The SMILES string of the molecule is C=C[Si](OC)(OC)OC.[Pt].